The molecule has 130 valence electrons. The van der Waals surface area contributed by atoms with E-state index in [1.54, 1.807) is 18.2 Å². The van der Waals surface area contributed by atoms with Crippen LogP contribution >= 0.6 is 0 Å². The van der Waals surface area contributed by atoms with Gasteiger partial charge in [-0.25, -0.2) is 4.39 Å². The van der Waals surface area contributed by atoms with Gasteiger partial charge in [0.25, 0.3) is 0 Å². The average Bonchev–Trinajstić information content (AvgIpc) is 3.08. The molecule has 0 spiro atoms. The number of amides is 1. The molecule has 0 aromatic heterocycles. The standard InChI is InChI=1S/C20H27FN2O/c21-18-7-3-6-16(14-18)8-9-20(24)22-19-10-12-23(13-11-19)15-17-4-1-2-5-17/h3,6-9,14,17,19H,1-2,4-5,10-13,15H2,(H,22,24). The van der Waals surface area contributed by atoms with Gasteiger partial charge in [-0.05, 0) is 55.4 Å². The van der Waals surface area contributed by atoms with Crippen molar-refractivity contribution in [1.82, 2.24) is 10.2 Å². The fourth-order valence-electron chi connectivity index (χ4n) is 3.85. The van der Waals surface area contributed by atoms with Crippen molar-refractivity contribution in [3.63, 3.8) is 0 Å². The Morgan fingerprint density at radius 3 is 2.67 bits per heavy atom. The number of rotatable bonds is 5. The van der Waals surface area contributed by atoms with Crippen LogP contribution in [0.4, 0.5) is 4.39 Å². The van der Waals surface area contributed by atoms with E-state index >= 15 is 0 Å². The maximum absolute atomic E-state index is 13.1. The number of piperidine rings is 1. The third kappa shape index (κ3) is 5.17. The first kappa shape index (κ1) is 17.2. The summed E-state index contributed by atoms with van der Waals surface area (Å²) >= 11 is 0. The van der Waals surface area contributed by atoms with E-state index in [-0.39, 0.29) is 17.8 Å². The second kappa shape index (κ2) is 8.43. The highest BCUT2D eigenvalue weighted by atomic mass is 19.1. The van der Waals surface area contributed by atoms with Gasteiger partial charge in [-0.3, -0.25) is 4.79 Å². The first-order valence-electron chi connectivity index (χ1n) is 9.15. The van der Waals surface area contributed by atoms with Crippen LogP contribution < -0.4 is 5.32 Å². The van der Waals surface area contributed by atoms with Crippen molar-refractivity contribution >= 4 is 12.0 Å². The van der Waals surface area contributed by atoms with E-state index in [9.17, 15) is 9.18 Å². The Hall–Kier alpha value is -1.68. The van der Waals surface area contributed by atoms with Gasteiger partial charge in [0.15, 0.2) is 0 Å². The summed E-state index contributed by atoms with van der Waals surface area (Å²) in [5, 5.41) is 3.07. The zero-order chi connectivity index (χ0) is 16.8. The normalized spacial score (nSPS) is 20.7. The topological polar surface area (TPSA) is 32.3 Å². The van der Waals surface area contributed by atoms with Crippen molar-refractivity contribution in [2.45, 2.75) is 44.6 Å². The van der Waals surface area contributed by atoms with Crippen LogP contribution in [0.2, 0.25) is 0 Å². The molecule has 2 fully saturated rings. The fraction of sp³-hybridized carbons (Fsp3) is 0.550. The van der Waals surface area contributed by atoms with Crippen molar-refractivity contribution in [2.24, 2.45) is 5.92 Å². The molecule has 1 N–H and O–H groups in total. The van der Waals surface area contributed by atoms with E-state index in [1.807, 2.05) is 0 Å². The summed E-state index contributed by atoms with van der Waals surface area (Å²) in [7, 11) is 0. The Balaban J connectivity index is 1.39. The maximum atomic E-state index is 13.1. The van der Waals surface area contributed by atoms with Crippen LogP contribution in [0.25, 0.3) is 6.08 Å². The highest BCUT2D eigenvalue weighted by molar-refractivity contribution is 5.91. The van der Waals surface area contributed by atoms with Crippen LogP contribution in [0.15, 0.2) is 30.3 Å². The maximum Gasteiger partial charge on any atom is 0.244 e. The molecule has 0 radical (unpaired) electrons. The van der Waals surface area contributed by atoms with Crippen LogP contribution in [-0.2, 0) is 4.79 Å². The van der Waals surface area contributed by atoms with E-state index in [2.05, 4.69) is 10.2 Å². The van der Waals surface area contributed by atoms with Gasteiger partial charge in [-0.1, -0.05) is 25.0 Å². The van der Waals surface area contributed by atoms with Gasteiger partial charge >= 0.3 is 0 Å². The molecule has 2 aliphatic rings. The summed E-state index contributed by atoms with van der Waals surface area (Å²) in [4.78, 5) is 14.6. The molecule has 0 unspecified atom stereocenters. The van der Waals surface area contributed by atoms with E-state index in [4.69, 9.17) is 0 Å². The van der Waals surface area contributed by atoms with E-state index < -0.39 is 0 Å². The molecule has 1 heterocycles. The molecule has 1 aliphatic heterocycles. The predicted octanol–water partition coefficient (Wildman–Crippen LogP) is 3.61. The third-order valence-corrected chi connectivity index (χ3v) is 5.20. The minimum absolute atomic E-state index is 0.0893. The zero-order valence-corrected chi connectivity index (χ0v) is 14.2. The molecule has 1 saturated carbocycles. The highest BCUT2D eigenvalue weighted by Gasteiger charge is 2.23. The van der Waals surface area contributed by atoms with Gasteiger partial charge in [0.1, 0.15) is 5.82 Å². The first-order valence-corrected chi connectivity index (χ1v) is 9.15. The number of benzene rings is 1. The number of nitrogens with zero attached hydrogens (tertiary/aromatic N) is 1. The van der Waals surface area contributed by atoms with Gasteiger partial charge < -0.3 is 10.2 Å². The van der Waals surface area contributed by atoms with Gasteiger partial charge in [0, 0.05) is 31.8 Å². The summed E-state index contributed by atoms with van der Waals surface area (Å²) in [5.74, 6) is 0.519. The molecular weight excluding hydrogens is 303 g/mol. The fourth-order valence-corrected chi connectivity index (χ4v) is 3.85. The minimum Gasteiger partial charge on any atom is -0.350 e. The molecule has 0 atom stereocenters. The van der Waals surface area contributed by atoms with Crippen LogP contribution in [0.1, 0.15) is 44.1 Å². The van der Waals surface area contributed by atoms with Crippen molar-refractivity contribution in [3.05, 3.63) is 41.7 Å². The lowest BCUT2D eigenvalue weighted by molar-refractivity contribution is -0.117. The molecule has 4 heteroatoms. The number of carbonyl (C=O) groups excluding carboxylic acids is 1. The number of hydrogen-bond acceptors (Lipinski definition) is 2. The SMILES string of the molecule is O=C(C=Cc1cccc(F)c1)NC1CCN(CC2CCCC2)CC1. The monoisotopic (exact) mass is 330 g/mol. The van der Waals surface area contributed by atoms with Crippen molar-refractivity contribution in [2.75, 3.05) is 19.6 Å². The molecule has 1 saturated heterocycles. The first-order chi connectivity index (χ1) is 11.7. The van der Waals surface area contributed by atoms with E-state index in [0.29, 0.717) is 5.56 Å². The Morgan fingerprint density at radius 2 is 1.96 bits per heavy atom. The number of likely N-dealkylation sites (tertiary alicyclic amines) is 1. The number of nitrogens with one attached hydrogen (secondary N) is 1. The summed E-state index contributed by atoms with van der Waals surface area (Å²) in [6.45, 7) is 3.39. The van der Waals surface area contributed by atoms with E-state index in [0.717, 1.165) is 31.8 Å². The predicted molar refractivity (Wildman–Crippen MR) is 95.0 cm³/mol. The summed E-state index contributed by atoms with van der Waals surface area (Å²) in [6.07, 6.45) is 10.8. The quantitative estimate of drug-likeness (QED) is 0.837. The second-order valence-corrected chi connectivity index (χ2v) is 7.12. The average molecular weight is 330 g/mol. The van der Waals surface area contributed by atoms with Gasteiger partial charge in [0.05, 0.1) is 0 Å². The number of halogens is 1. The lowest BCUT2D eigenvalue weighted by atomic mass is 10.0. The second-order valence-electron chi connectivity index (χ2n) is 7.12. The van der Waals surface area contributed by atoms with Crippen molar-refractivity contribution in [3.8, 4) is 0 Å². The van der Waals surface area contributed by atoms with E-state index in [1.165, 1.54) is 50.4 Å². The van der Waals surface area contributed by atoms with Gasteiger partial charge in [-0.2, -0.15) is 0 Å². The molecule has 1 aromatic rings. The molecule has 1 aliphatic carbocycles. The van der Waals surface area contributed by atoms with Crippen molar-refractivity contribution < 1.29 is 9.18 Å². The molecule has 3 nitrogen and oxygen atoms in total. The summed E-state index contributed by atoms with van der Waals surface area (Å²) < 4.78 is 13.1. The molecular formula is C20H27FN2O. The molecule has 1 aromatic carbocycles. The smallest absolute Gasteiger partial charge is 0.244 e. The van der Waals surface area contributed by atoms with Crippen LogP contribution in [0.5, 0.6) is 0 Å². The number of carbonyl (C=O) groups is 1. The summed E-state index contributed by atoms with van der Waals surface area (Å²) in [6, 6.07) is 6.51. The lowest BCUT2D eigenvalue weighted by Crippen LogP contribution is -2.45. The Kier molecular flexibility index (Phi) is 6.02. The highest BCUT2D eigenvalue weighted by Crippen LogP contribution is 2.26. The Labute approximate surface area is 143 Å². The van der Waals surface area contributed by atoms with Gasteiger partial charge in [0.2, 0.25) is 5.91 Å². The van der Waals surface area contributed by atoms with Crippen LogP contribution in [0, 0.1) is 11.7 Å². The molecule has 3 rings (SSSR count). The van der Waals surface area contributed by atoms with Crippen LogP contribution in [-0.4, -0.2) is 36.5 Å². The Bertz CT molecular complexity index is 573. The lowest BCUT2D eigenvalue weighted by Gasteiger charge is -2.33. The zero-order valence-electron chi connectivity index (χ0n) is 14.2. The van der Waals surface area contributed by atoms with Crippen LogP contribution in [0.3, 0.4) is 0 Å². The number of hydrogen-bond donors (Lipinski definition) is 1. The molecule has 24 heavy (non-hydrogen) atoms. The molecule has 1 amide bonds. The third-order valence-electron chi connectivity index (χ3n) is 5.20. The molecule has 0 bridgehead atoms. The van der Waals surface area contributed by atoms with Crippen molar-refractivity contribution in [1.29, 1.82) is 0 Å². The van der Waals surface area contributed by atoms with Gasteiger partial charge in [-0.15, -0.1) is 0 Å². The largest absolute Gasteiger partial charge is 0.350 e. The minimum atomic E-state index is -0.285. The summed E-state index contributed by atoms with van der Waals surface area (Å²) in [5.41, 5.74) is 0.705. The Morgan fingerprint density at radius 1 is 1.21 bits per heavy atom.